The molecule has 19 heavy (non-hydrogen) atoms. The average Bonchev–Trinajstić information content (AvgIpc) is 2.41. The summed E-state index contributed by atoms with van der Waals surface area (Å²) in [6.45, 7) is 1.61. The summed E-state index contributed by atoms with van der Waals surface area (Å²) in [5.74, 6) is 0.0667. The van der Waals surface area contributed by atoms with Crippen LogP contribution >= 0.6 is 0 Å². The lowest BCUT2D eigenvalue weighted by molar-refractivity contribution is -0.116. The van der Waals surface area contributed by atoms with Gasteiger partial charge in [0.1, 0.15) is 0 Å². The molecule has 2 aliphatic rings. The van der Waals surface area contributed by atoms with E-state index in [2.05, 4.69) is 16.7 Å². The van der Waals surface area contributed by atoms with Crippen LogP contribution in [0.25, 0.3) is 0 Å². The number of amides is 1. The summed E-state index contributed by atoms with van der Waals surface area (Å²) >= 11 is 0. The van der Waals surface area contributed by atoms with E-state index in [1.54, 1.807) is 0 Å². The van der Waals surface area contributed by atoms with Gasteiger partial charge in [-0.2, -0.15) is 0 Å². The Kier molecular flexibility index (Phi) is 3.29. The third-order valence-corrected chi connectivity index (χ3v) is 3.75. The Balaban J connectivity index is 1.80. The lowest BCUT2D eigenvalue weighted by atomic mass is 10.0. The highest BCUT2D eigenvalue weighted by Gasteiger charge is 2.19. The molecule has 4 N–H and O–H groups in total. The Hall–Kier alpha value is -1.75. The summed E-state index contributed by atoms with van der Waals surface area (Å²) in [4.78, 5) is 11.4. The van der Waals surface area contributed by atoms with E-state index in [9.17, 15) is 4.79 Å². The lowest BCUT2D eigenvalue weighted by Crippen LogP contribution is -2.28. The van der Waals surface area contributed by atoms with Gasteiger partial charge < -0.3 is 21.1 Å². The van der Waals surface area contributed by atoms with Gasteiger partial charge in [0, 0.05) is 31.4 Å². The summed E-state index contributed by atoms with van der Waals surface area (Å²) in [6.07, 6.45) is 3.35. The summed E-state index contributed by atoms with van der Waals surface area (Å²) in [6, 6.07) is 4.35. The minimum Gasteiger partial charge on any atom is -0.397 e. The van der Waals surface area contributed by atoms with Crippen LogP contribution in [-0.2, 0) is 16.0 Å². The third kappa shape index (κ3) is 2.66. The van der Waals surface area contributed by atoms with Gasteiger partial charge in [-0.25, -0.2) is 0 Å². The minimum absolute atomic E-state index is 0.0667. The summed E-state index contributed by atoms with van der Waals surface area (Å²) in [5, 5.41) is 6.36. The number of hydrogen-bond acceptors (Lipinski definition) is 4. The molecule has 0 bridgehead atoms. The molecule has 1 saturated heterocycles. The van der Waals surface area contributed by atoms with Crippen molar-refractivity contribution in [3.05, 3.63) is 17.7 Å². The molecular formula is C14H19N3O2. The van der Waals surface area contributed by atoms with Crippen molar-refractivity contribution < 1.29 is 9.53 Å². The molecule has 0 spiro atoms. The molecule has 0 radical (unpaired) electrons. The van der Waals surface area contributed by atoms with Crippen molar-refractivity contribution in [2.45, 2.75) is 31.7 Å². The first kappa shape index (κ1) is 12.3. The Labute approximate surface area is 112 Å². The number of aryl methyl sites for hydroxylation is 1. The maximum atomic E-state index is 11.4. The molecular weight excluding hydrogens is 242 g/mol. The van der Waals surface area contributed by atoms with E-state index in [1.807, 2.05) is 6.07 Å². The number of carbonyl (C=O) groups is 1. The summed E-state index contributed by atoms with van der Waals surface area (Å²) in [5.41, 5.74) is 9.73. The Bertz CT molecular complexity index is 496. The molecule has 1 amide bonds. The second-order valence-corrected chi connectivity index (χ2v) is 5.18. The Morgan fingerprint density at radius 3 is 2.84 bits per heavy atom. The fourth-order valence-electron chi connectivity index (χ4n) is 2.63. The Morgan fingerprint density at radius 2 is 2.05 bits per heavy atom. The number of nitrogens with one attached hydrogen (secondary N) is 2. The minimum atomic E-state index is 0.0667. The van der Waals surface area contributed by atoms with Crippen molar-refractivity contribution in [2.75, 3.05) is 29.6 Å². The van der Waals surface area contributed by atoms with E-state index >= 15 is 0 Å². The van der Waals surface area contributed by atoms with Gasteiger partial charge in [0.05, 0.1) is 11.4 Å². The number of nitrogen functional groups attached to an aromatic ring is 1. The van der Waals surface area contributed by atoms with Crippen molar-refractivity contribution in [3.8, 4) is 0 Å². The highest BCUT2D eigenvalue weighted by Crippen LogP contribution is 2.32. The number of anilines is 3. The number of hydrogen-bond donors (Lipinski definition) is 3. The fraction of sp³-hybridized carbons (Fsp3) is 0.500. The molecule has 2 heterocycles. The van der Waals surface area contributed by atoms with Gasteiger partial charge in [-0.15, -0.1) is 0 Å². The van der Waals surface area contributed by atoms with Crippen LogP contribution < -0.4 is 16.4 Å². The largest absolute Gasteiger partial charge is 0.397 e. The smallest absolute Gasteiger partial charge is 0.224 e. The number of ether oxygens (including phenoxy) is 1. The normalized spacial score (nSPS) is 19.7. The molecule has 1 aromatic rings. The SMILES string of the molecule is Nc1cc2c(cc1NC1CCOCC1)CCC(=O)N2. The van der Waals surface area contributed by atoms with Gasteiger partial charge in [-0.05, 0) is 37.0 Å². The predicted molar refractivity (Wildman–Crippen MR) is 75.3 cm³/mol. The van der Waals surface area contributed by atoms with Crippen molar-refractivity contribution >= 4 is 23.0 Å². The van der Waals surface area contributed by atoms with E-state index in [0.29, 0.717) is 18.2 Å². The summed E-state index contributed by atoms with van der Waals surface area (Å²) < 4.78 is 5.35. The van der Waals surface area contributed by atoms with Gasteiger partial charge in [0.25, 0.3) is 0 Å². The second kappa shape index (κ2) is 5.09. The number of rotatable bonds is 2. The van der Waals surface area contributed by atoms with Crippen molar-refractivity contribution in [3.63, 3.8) is 0 Å². The van der Waals surface area contributed by atoms with E-state index in [1.165, 1.54) is 0 Å². The van der Waals surface area contributed by atoms with Crippen molar-refractivity contribution in [1.29, 1.82) is 0 Å². The molecule has 5 heteroatoms. The zero-order valence-electron chi connectivity index (χ0n) is 10.9. The van der Waals surface area contributed by atoms with Crippen LogP contribution in [0.1, 0.15) is 24.8 Å². The molecule has 5 nitrogen and oxygen atoms in total. The average molecular weight is 261 g/mol. The first-order valence-corrected chi connectivity index (χ1v) is 6.79. The van der Waals surface area contributed by atoms with E-state index in [4.69, 9.17) is 10.5 Å². The highest BCUT2D eigenvalue weighted by atomic mass is 16.5. The number of benzene rings is 1. The van der Waals surface area contributed by atoms with E-state index < -0.39 is 0 Å². The van der Waals surface area contributed by atoms with Gasteiger partial charge in [0.15, 0.2) is 0 Å². The number of carbonyl (C=O) groups excluding carboxylic acids is 1. The molecule has 0 unspecified atom stereocenters. The molecule has 0 saturated carbocycles. The first-order valence-electron chi connectivity index (χ1n) is 6.79. The third-order valence-electron chi connectivity index (χ3n) is 3.75. The van der Waals surface area contributed by atoms with Gasteiger partial charge in [0.2, 0.25) is 5.91 Å². The monoisotopic (exact) mass is 261 g/mol. The molecule has 1 fully saturated rings. The van der Waals surface area contributed by atoms with Crippen LogP contribution in [0.15, 0.2) is 12.1 Å². The van der Waals surface area contributed by atoms with E-state index in [0.717, 1.165) is 49.4 Å². The van der Waals surface area contributed by atoms with Crippen molar-refractivity contribution in [2.24, 2.45) is 0 Å². The molecule has 3 rings (SSSR count). The lowest BCUT2D eigenvalue weighted by Gasteiger charge is -2.26. The van der Waals surface area contributed by atoms with Crippen LogP contribution in [0, 0.1) is 0 Å². The fourth-order valence-corrected chi connectivity index (χ4v) is 2.63. The molecule has 0 aromatic heterocycles. The Morgan fingerprint density at radius 1 is 1.26 bits per heavy atom. The number of fused-ring (bicyclic) bond motifs is 1. The molecule has 0 atom stereocenters. The standard InChI is InChI=1S/C14H19N3O2/c15-11-8-12-9(1-2-14(18)17-12)7-13(11)16-10-3-5-19-6-4-10/h7-8,10,16H,1-6,15H2,(H,17,18). The quantitative estimate of drug-likeness (QED) is 0.709. The predicted octanol–water partition coefficient (Wildman–Crippen LogP) is 1.74. The first-order chi connectivity index (χ1) is 9.22. The second-order valence-electron chi connectivity index (χ2n) is 5.18. The maximum absolute atomic E-state index is 11.4. The van der Waals surface area contributed by atoms with Crippen LogP contribution in [0.5, 0.6) is 0 Å². The van der Waals surface area contributed by atoms with Crippen LogP contribution in [-0.4, -0.2) is 25.2 Å². The van der Waals surface area contributed by atoms with Crippen molar-refractivity contribution in [1.82, 2.24) is 0 Å². The van der Waals surface area contributed by atoms with Crippen LogP contribution in [0.4, 0.5) is 17.1 Å². The van der Waals surface area contributed by atoms with Gasteiger partial charge >= 0.3 is 0 Å². The maximum Gasteiger partial charge on any atom is 0.224 e. The van der Waals surface area contributed by atoms with Gasteiger partial charge in [-0.3, -0.25) is 4.79 Å². The highest BCUT2D eigenvalue weighted by molar-refractivity contribution is 5.95. The van der Waals surface area contributed by atoms with E-state index in [-0.39, 0.29) is 5.91 Å². The van der Waals surface area contributed by atoms with Crippen LogP contribution in [0.3, 0.4) is 0 Å². The summed E-state index contributed by atoms with van der Waals surface area (Å²) in [7, 11) is 0. The number of nitrogens with two attached hydrogens (primary N) is 1. The van der Waals surface area contributed by atoms with Crippen LogP contribution in [0.2, 0.25) is 0 Å². The zero-order chi connectivity index (χ0) is 13.2. The molecule has 102 valence electrons. The molecule has 2 aliphatic heterocycles. The molecule has 1 aromatic carbocycles. The zero-order valence-corrected chi connectivity index (χ0v) is 10.9. The van der Waals surface area contributed by atoms with Gasteiger partial charge in [-0.1, -0.05) is 0 Å². The topological polar surface area (TPSA) is 76.4 Å². The molecule has 0 aliphatic carbocycles.